The topological polar surface area (TPSA) is 52.6 Å². The van der Waals surface area contributed by atoms with E-state index >= 15 is 0 Å². The number of para-hydroxylation sites is 1. The number of anilines is 1. The van der Waals surface area contributed by atoms with Crippen molar-refractivity contribution in [1.29, 1.82) is 0 Å². The van der Waals surface area contributed by atoms with Crippen LogP contribution >= 0.6 is 0 Å². The lowest BCUT2D eigenvalue weighted by atomic mass is 10.1. The molecule has 2 N–H and O–H groups in total. The Labute approximate surface area is 101 Å². The number of nitrogens with zero attached hydrogens (tertiary/aromatic N) is 1. The lowest BCUT2D eigenvalue weighted by Crippen LogP contribution is -2.57. The Hall–Kier alpha value is -1.55. The van der Waals surface area contributed by atoms with Gasteiger partial charge < -0.3 is 15.3 Å². The van der Waals surface area contributed by atoms with Crippen LogP contribution in [0.25, 0.3) is 0 Å². The molecule has 1 aromatic carbocycles. The van der Waals surface area contributed by atoms with E-state index in [1.165, 1.54) is 5.56 Å². The summed E-state index contributed by atoms with van der Waals surface area (Å²) in [6.07, 6.45) is 0.923. The van der Waals surface area contributed by atoms with Crippen molar-refractivity contribution in [3.63, 3.8) is 0 Å². The number of amides is 1. The van der Waals surface area contributed by atoms with Crippen LogP contribution in [-0.2, 0) is 11.2 Å². The van der Waals surface area contributed by atoms with Gasteiger partial charge in [0.1, 0.15) is 6.04 Å². The van der Waals surface area contributed by atoms with Gasteiger partial charge in [0.2, 0.25) is 5.91 Å². The fraction of sp³-hybridized carbons (Fsp3) is 0.462. The van der Waals surface area contributed by atoms with E-state index in [-0.39, 0.29) is 12.5 Å². The number of carbonyl (C=O) groups excluding carboxylic acids is 1. The number of aryl methyl sites for hydroxylation is 1. The lowest BCUT2D eigenvalue weighted by Gasteiger charge is -2.36. The molecule has 0 bridgehead atoms. The van der Waals surface area contributed by atoms with Crippen molar-refractivity contribution in [2.45, 2.75) is 19.4 Å². The minimum atomic E-state index is -0.462. The van der Waals surface area contributed by atoms with E-state index in [9.17, 15) is 9.90 Å². The molecule has 4 heteroatoms. The van der Waals surface area contributed by atoms with Crippen LogP contribution in [0.5, 0.6) is 0 Å². The molecule has 92 valence electrons. The lowest BCUT2D eigenvalue weighted by molar-refractivity contribution is -0.124. The SMILES string of the molecule is CCc1ccccc1N1CCNC(=O)C1CO. The summed E-state index contributed by atoms with van der Waals surface area (Å²) in [6, 6.07) is 7.59. The zero-order valence-electron chi connectivity index (χ0n) is 10.0. The summed E-state index contributed by atoms with van der Waals surface area (Å²) >= 11 is 0. The predicted octanol–water partition coefficient (Wildman–Crippen LogP) is 0.546. The number of hydrogen-bond acceptors (Lipinski definition) is 3. The van der Waals surface area contributed by atoms with Crippen molar-refractivity contribution in [2.75, 3.05) is 24.6 Å². The number of rotatable bonds is 3. The van der Waals surface area contributed by atoms with E-state index in [1.807, 2.05) is 23.1 Å². The van der Waals surface area contributed by atoms with E-state index in [4.69, 9.17) is 0 Å². The molecule has 1 aromatic rings. The molecule has 1 fully saturated rings. The minimum Gasteiger partial charge on any atom is -0.394 e. The number of nitrogens with one attached hydrogen (secondary N) is 1. The summed E-state index contributed by atoms with van der Waals surface area (Å²) < 4.78 is 0. The molecule has 1 amide bonds. The van der Waals surface area contributed by atoms with E-state index in [1.54, 1.807) is 0 Å². The summed E-state index contributed by atoms with van der Waals surface area (Å²) in [6.45, 7) is 3.32. The molecule has 0 radical (unpaired) electrons. The van der Waals surface area contributed by atoms with E-state index in [2.05, 4.69) is 18.3 Å². The molecule has 1 atom stereocenters. The molecule has 2 rings (SSSR count). The normalized spacial score (nSPS) is 20.2. The third-order valence-electron chi connectivity index (χ3n) is 3.19. The van der Waals surface area contributed by atoms with Gasteiger partial charge in [-0.15, -0.1) is 0 Å². The summed E-state index contributed by atoms with van der Waals surface area (Å²) in [7, 11) is 0. The summed E-state index contributed by atoms with van der Waals surface area (Å²) in [5, 5.41) is 12.1. The summed E-state index contributed by atoms with van der Waals surface area (Å²) in [5.41, 5.74) is 2.27. The zero-order valence-corrected chi connectivity index (χ0v) is 10.0. The van der Waals surface area contributed by atoms with Crippen LogP contribution in [0.1, 0.15) is 12.5 Å². The molecule has 17 heavy (non-hydrogen) atoms. The Morgan fingerprint density at radius 1 is 1.47 bits per heavy atom. The molecule has 1 aliphatic heterocycles. The number of aliphatic hydroxyl groups excluding tert-OH is 1. The van der Waals surface area contributed by atoms with Crippen molar-refractivity contribution < 1.29 is 9.90 Å². The Morgan fingerprint density at radius 3 is 2.94 bits per heavy atom. The summed E-state index contributed by atoms with van der Waals surface area (Å²) in [4.78, 5) is 13.7. The number of benzene rings is 1. The van der Waals surface area contributed by atoms with Crippen molar-refractivity contribution >= 4 is 11.6 Å². The largest absolute Gasteiger partial charge is 0.394 e. The quantitative estimate of drug-likeness (QED) is 0.803. The molecule has 0 spiro atoms. The Kier molecular flexibility index (Phi) is 3.64. The first-order chi connectivity index (χ1) is 8.27. The standard InChI is InChI=1S/C13H18N2O2/c1-2-10-5-3-4-6-11(10)15-8-7-14-13(17)12(15)9-16/h3-6,12,16H,2,7-9H2,1H3,(H,14,17). The average molecular weight is 234 g/mol. The molecular formula is C13H18N2O2. The highest BCUT2D eigenvalue weighted by atomic mass is 16.3. The Balaban J connectivity index is 2.33. The molecule has 0 saturated carbocycles. The molecular weight excluding hydrogens is 216 g/mol. The van der Waals surface area contributed by atoms with Gasteiger partial charge in [0.25, 0.3) is 0 Å². The van der Waals surface area contributed by atoms with Crippen molar-refractivity contribution in [3.05, 3.63) is 29.8 Å². The van der Waals surface area contributed by atoms with Gasteiger partial charge in [0, 0.05) is 18.8 Å². The number of piperazine rings is 1. The Bertz CT molecular complexity index is 406. The van der Waals surface area contributed by atoms with Gasteiger partial charge >= 0.3 is 0 Å². The summed E-state index contributed by atoms with van der Waals surface area (Å²) in [5.74, 6) is -0.0929. The van der Waals surface area contributed by atoms with Crippen LogP contribution in [0.4, 0.5) is 5.69 Å². The second-order valence-electron chi connectivity index (χ2n) is 4.17. The minimum absolute atomic E-state index is 0.0929. The van der Waals surface area contributed by atoms with E-state index in [0.717, 1.165) is 18.7 Å². The fourth-order valence-electron chi connectivity index (χ4n) is 2.27. The second-order valence-corrected chi connectivity index (χ2v) is 4.17. The smallest absolute Gasteiger partial charge is 0.245 e. The average Bonchev–Trinajstić information content (AvgIpc) is 2.38. The molecule has 4 nitrogen and oxygen atoms in total. The first-order valence-electron chi connectivity index (χ1n) is 6.01. The van der Waals surface area contributed by atoms with Crippen molar-refractivity contribution in [3.8, 4) is 0 Å². The zero-order chi connectivity index (χ0) is 12.3. The van der Waals surface area contributed by atoms with Gasteiger partial charge in [0.15, 0.2) is 0 Å². The first kappa shape index (κ1) is 11.9. The number of hydrogen-bond donors (Lipinski definition) is 2. The maximum Gasteiger partial charge on any atom is 0.245 e. The molecule has 1 unspecified atom stereocenters. The highest BCUT2D eigenvalue weighted by molar-refractivity contribution is 5.87. The number of carbonyl (C=O) groups is 1. The Morgan fingerprint density at radius 2 is 2.24 bits per heavy atom. The first-order valence-corrected chi connectivity index (χ1v) is 6.01. The predicted molar refractivity (Wildman–Crippen MR) is 67.0 cm³/mol. The maximum atomic E-state index is 11.7. The molecule has 1 aliphatic rings. The van der Waals surface area contributed by atoms with Gasteiger partial charge in [0.05, 0.1) is 6.61 Å². The van der Waals surface area contributed by atoms with Gasteiger partial charge in [-0.1, -0.05) is 25.1 Å². The van der Waals surface area contributed by atoms with Crippen LogP contribution in [0.2, 0.25) is 0 Å². The number of aliphatic hydroxyl groups is 1. The van der Waals surface area contributed by atoms with Gasteiger partial charge in [-0.3, -0.25) is 4.79 Å². The second kappa shape index (κ2) is 5.19. The molecule has 1 saturated heterocycles. The van der Waals surface area contributed by atoms with Crippen LogP contribution in [0.15, 0.2) is 24.3 Å². The van der Waals surface area contributed by atoms with Gasteiger partial charge in [-0.25, -0.2) is 0 Å². The molecule has 0 aliphatic carbocycles. The highest BCUT2D eigenvalue weighted by Gasteiger charge is 2.29. The third-order valence-corrected chi connectivity index (χ3v) is 3.19. The van der Waals surface area contributed by atoms with Crippen LogP contribution in [-0.4, -0.2) is 36.8 Å². The van der Waals surface area contributed by atoms with Gasteiger partial charge in [-0.05, 0) is 18.1 Å². The van der Waals surface area contributed by atoms with E-state index in [0.29, 0.717) is 6.54 Å². The monoisotopic (exact) mass is 234 g/mol. The highest BCUT2D eigenvalue weighted by Crippen LogP contribution is 2.23. The van der Waals surface area contributed by atoms with Crippen LogP contribution in [0, 0.1) is 0 Å². The van der Waals surface area contributed by atoms with Crippen LogP contribution in [0.3, 0.4) is 0 Å². The fourth-order valence-corrected chi connectivity index (χ4v) is 2.27. The van der Waals surface area contributed by atoms with Crippen molar-refractivity contribution in [2.24, 2.45) is 0 Å². The van der Waals surface area contributed by atoms with Gasteiger partial charge in [-0.2, -0.15) is 0 Å². The molecule has 1 heterocycles. The molecule has 0 aromatic heterocycles. The van der Waals surface area contributed by atoms with E-state index < -0.39 is 6.04 Å². The van der Waals surface area contributed by atoms with Crippen LogP contribution < -0.4 is 10.2 Å². The maximum absolute atomic E-state index is 11.7. The third kappa shape index (κ3) is 2.26. The van der Waals surface area contributed by atoms with Crippen molar-refractivity contribution in [1.82, 2.24) is 5.32 Å².